The number of hydrogen-bond donors (Lipinski definition) is 2. The number of methoxy groups -OCH3 is 1. The number of rotatable bonds is 8. The molecule has 38 heavy (non-hydrogen) atoms. The van der Waals surface area contributed by atoms with Gasteiger partial charge in [-0.3, -0.25) is 4.98 Å². The molecular formula is C28H28F4IN3O2. The summed E-state index contributed by atoms with van der Waals surface area (Å²) >= 11 is 2.18. The zero-order valence-electron chi connectivity index (χ0n) is 20.7. The van der Waals surface area contributed by atoms with Gasteiger partial charge < -0.3 is 15.4 Å². The van der Waals surface area contributed by atoms with E-state index >= 15 is 0 Å². The molecule has 0 bridgehead atoms. The molecule has 1 aliphatic carbocycles. The smallest absolute Gasteiger partial charge is 0.416 e. The van der Waals surface area contributed by atoms with Crippen molar-refractivity contribution in [3.63, 3.8) is 0 Å². The Hall–Kier alpha value is -2.89. The number of nitrogens with zero attached hydrogens (tertiary/aromatic N) is 1. The van der Waals surface area contributed by atoms with Crippen LogP contribution >= 0.6 is 22.6 Å². The number of hydrogen-bond acceptors (Lipinski definition) is 3. The largest absolute Gasteiger partial charge is 0.496 e. The molecule has 1 aromatic heterocycles. The van der Waals surface area contributed by atoms with Crippen LogP contribution in [-0.2, 0) is 22.6 Å². The molecule has 3 aromatic rings. The molecule has 1 aliphatic rings. The van der Waals surface area contributed by atoms with Crippen molar-refractivity contribution in [2.45, 2.75) is 54.3 Å². The molecule has 5 nitrogen and oxygen atoms in total. The van der Waals surface area contributed by atoms with Gasteiger partial charge in [0.15, 0.2) is 0 Å². The Morgan fingerprint density at radius 2 is 1.79 bits per heavy atom. The minimum Gasteiger partial charge on any atom is -0.496 e. The van der Waals surface area contributed by atoms with Gasteiger partial charge in [-0.25, -0.2) is 9.18 Å². The summed E-state index contributed by atoms with van der Waals surface area (Å²) in [5, 5.41) is 5.87. The molecule has 0 radical (unpaired) electrons. The average Bonchev–Trinajstić information content (AvgIpc) is 3.40. The summed E-state index contributed by atoms with van der Waals surface area (Å²) in [5.74, 6) is -0.590. The lowest BCUT2D eigenvalue weighted by molar-refractivity contribution is -0.137. The standard InChI is InChI=1S/C28H28F4IN3O2/c1-38-24-9-5-2-6-19(24)15-27(25-11-10-18(16-33)17-34-25,36-26(37)35-23-7-3-4-8-23)20-12-21(28(30,31)32)14-22(29)13-20/h2,5-6,9-14,17,23H,3-4,7-8,15-16H2,1H3,(H2,35,36,37)/t27-/m0/s1. The minimum atomic E-state index is -4.79. The first kappa shape index (κ1) is 28.1. The summed E-state index contributed by atoms with van der Waals surface area (Å²) in [5.41, 5.74) is -1.11. The molecular weight excluding hydrogens is 613 g/mol. The van der Waals surface area contributed by atoms with E-state index in [1.54, 1.807) is 42.6 Å². The van der Waals surface area contributed by atoms with Crippen molar-refractivity contribution in [2.24, 2.45) is 0 Å². The lowest BCUT2D eigenvalue weighted by atomic mass is 9.79. The van der Waals surface area contributed by atoms with Gasteiger partial charge in [0.05, 0.1) is 18.4 Å². The maximum Gasteiger partial charge on any atom is 0.416 e. The van der Waals surface area contributed by atoms with Crippen molar-refractivity contribution >= 4 is 28.6 Å². The van der Waals surface area contributed by atoms with Gasteiger partial charge in [-0.05, 0) is 59.9 Å². The Morgan fingerprint density at radius 1 is 1.08 bits per heavy atom. The topological polar surface area (TPSA) is 63.2 Å². The van der Waals surface area contributed by atoms with Gasteiger partial charge in [0.2, 0.25) is 0 Å². The minimum absolute atomic E-state index is 0.0353. The van der Waals surface area contributed by atoms with Crippen LogP contribution in [0, 0.1) is 5.82 Å². The van der Waals surface area contributed by atoms with Gasteiger partial charge in [0, 0.05) is 23.1 Å². The van der Waals surface area contributed by atoms with Crippen molar-refractivity contribution in [3.8, 4) is 5.75 Å². The van der Waals surface area contributed by atoms with Crippen molar-refractivity contribution in [1.82, 2.24) is 15.6 Å². The molecule has 1 atom stereocenters. The van der Waals surface area contributed by atoms with Gasteiger partial charge in [-0.1, -0.05) is 59.7 Å². The number of aromatic nitrogens is 1. The highest BCUT2D eigenvalue weighted by molar-refractivity contribution is 14.1. The fourth-order valence-corrected chi connectivity index (χ4v) is 5.35. The van der Waals surface area contributed by atoms with E-state index in [1.807, 2.05) is 0 Å². The van der Waals surface area contributed by atoms with Gasteiger partial charge in [0.1, 0.15) is 17.1 Å². The molecule has 1 saturated carbocycles. The van der Waals surface area contributed by atoms with Crippen LogP contribution in [0.25, 0.3) is 0 Å². The van der Waals surface area contributed by atoms with Crippen molar-refractivity contribution in [1.29, 1.82) is 0 Å². The number of urea groups is 1. The summed E-state index contributed by atoms with van der Waals surface area (Å²) in [6, 6.07) is 12.2. The number of ether oxygens (including phenoxy) is 1. The van der Waals surface area contributed by atoms with Crippen LogP contribution in [0.1, 0.15) is 53.6 Å². The lowest BCUT2D eigenvalue weighted by Gasteiger charge is -2.36. The molecule has 10 heteroatoms. The highest BCUT2D eigenvalue weighted by atomic mass is 127. The quantitative estimate of drug-likeness (QED) is 0.160. The first-order valence-electron chi connectivity index (χ1n) is 12.2. The van der Waals surface area contributed by atoms with Crippen LogP contribution in [0.15, 0.2) is 60.8 Å². The Kier molecular flexibility index (Phi) is 8.79. The molecule has 1 fully saturated rings. The predicted molar refractivity (Wildman–Crippen MR) is 145 cm³/mol. The number of pyridine rings is 1. The third-order valence-electron chi connectivity index (χ3n) is 6.80. The Bertz CT molecular complexity index is 1260. The normalized spacial score (nSPS) is 15.6. The molecule has 0 saturated heterocycles. The van der Waals surface area contributed by atoms with Crippen LogP contribution in [0.5, 0.6) is 5.75 Å². The summed E-state index contributed by atoms with van der Waals surface area (Å²) in [6.07, 6.45) is 0.371. The zero-order valence-corrected chi connectivity index (χ0v) is 22.9. The maximum atomic E-state index is 14.8. The number of alkyl halides is 4. The molecule has 2 aromatic carbocycles. The van der Waals surface area contributed by atoms with Crippen LogP contribution in [-0.4, -0.2) is 24.2 Å². The Labute approximate surface area is 232 Å². The van der Waals surface area contributed by atoms with E-state index in [1.165, 1.54) is 7.11 Å². The number of nitrogens with one attached hydrogen (secondary N) is 2. The van der Waals surface area contributed by atoms with E-state index in [0.29, 0.717) is 21.8 Å². The van der Waals surface area contributed by atoms with E-state index in [2.05, 4.69) is 38.2 Å². The van der Waals surface area contributed by atoms with Crippen LogP contribution in [0.2, 0.25) is 0 Å². The number of halogens is 5. The van der Waals surface area contributed by atoms with Crippen LogP contribution < -0.4 is 15.4 Å². The fraction of sp³-hybridized carbons (Fsp3) is 0.357. The van der Waals surface area contributed by atoms with Gasteiger partial charge in [0.25, 0.3) is 0 Å². The first-order chi connectivity index (χ1) is 18.1. The van der Waals surface area contributed by atoms with Gasteiger partial charge >= 0.3 is 12.2 Å². The summed E-state index contributed by atoms with van der Waals surface area (Å²) in [4.78, 5) is 18.0. The molecule has 2 N–H and O–H groups in total. The Morgan fingerprint density at radius 3 is 2.42 bits per heavy atom. The number of para-hydroxylation sites is 1. The highest BCUT2D eigenvalue weighted by Crippen LogP contribution is 2.39. The second-order valence-corrected chi connectivity index (χ2v) is 10.1. The average molecular weight is 641 g/mol. The number of carbonyl (C=O) groups excluding carboxylic acids is 1. The molecule has 4 rings (SSSR count). The molecule has 0 spiro atoms. The Balaban J connectivity index is 1.93. The predicted octanol–water partition coefficient (Wildman–Crippen LogP) is 6.91. The molecule has 2 amide bonds. The van der Waals surface area contributed by atoms with E-state index in [0.717, 1.165) is 43.4 Å². The molecule has 0 aliphatic heterocycles. The van der Waals surface area contributed by atoms with E-state index in [4.69, 9.17) is 4.74 Å². The van der Waals surface area contributed by atoms with Crippen molar-refractivity contribution in [3.05, 3.63) is 94.6 Å². The highest BCUT2D eigenvalue weighted by Gasteiger charge is 2.41. The second-order valence-electron chi connectivity index (χ2n) is 9.39. The molecule has 202 valence electrons. The van der Waals surface area contributed by atoms with Gasteiger partial charge in [-0.2, -0.15) is 13.2 Å². The van der Waals surface area contributed by atoms with E-state index in [-0.39, 0.29) is 23.7 Å². The zero-order chi connectivity index (χ0) is 27.3. The van der Waals surface area contributed by atoms with E-state index < -0.39 is 29.1 Å². The van der Waals surface area contributed by atoms with Gasteiger partial charge in [-0.15, -0.1) is 0 Å². The summed E-state index contributed by atoms with van der Waals surface area (Å²) < 4.78 is 62.4. The number of benzene rings is 2. The lowest BCUT2D eigenvalue weighted by Crippen LogP contribution is -2.54. The molecule has 1 heterocycles. The first-order valence-corrected chi connectivity index (χ1v) is 13.8. The third-order valence-corrected chi connectivity index (χ3v) is 7.68. The summed E-state index contributed by atoms with van der Waals surface area (Å²) in [7, 11) is 1.48. The van der Waals surface area contributed by atoms with Crippen molar-refractivity contribution in [2.75, 3.05) is 7.11 Å². The van der Waals surface area contributed by atoms with Crippen molar-refractivity contribution < 1.29 is 27.1 Å². The monoisotopic (exact) mass is 641 g/mol. The van der Waals surface area contributed by atoms with E-state index in [9.17, 15) is 22.4 Å². The second kappa shape index (κ2) is 11.9. The fourth-order valence-electron chi connectivity index (χ4n) is 4.90. The maximum absolute atomic E-state index is 14.8. The summed E-state index contributed by atoms with van der Waals surface area (Å²) in [6.45, 7) is 0. The SMILES string of the molecule is COc1ccccc1C[C@](NC(=O)NC1CCCC1)(c1cc(F)cc(C(F)(F)F)c1)c1ccc(CI)cn1. The van der Waals surface area contributed by atoms with Crippen LogP contribution in [0.4, 0.5) is 22.4 Å². The number of carbonyl (C=O) groups is 1. The molecule has 0 unspecified atom stereocenters. The third kappa shape index (κ3) is 6.39. The number of amides is 2. The van der Waals surface area contributed by atoms with Crippen LogP contribution in [0.3, 0.4) is 0 Å².